The van der Waals surface area contributed by atoms with Gasteiger partial charge in [0.2, 0.25) is 15.9 Å². The zero-order chi connectivity index (χ0) is 25.2. The normalized spacial score (nSPS) is 19.3. The molecule has 0 bridgehead atoms. The first-order valence-corrected chi connectivity index (χ1v) is 12.9. The number of rotatable bonds is 7. The highest BCUT2D eigenvalue weighted by Crippen LogP contribution is 2.23. The van der Waals surface area contributed by atoms with E-state index in [1.54, 1.807) is 31.2 Å². The second-order valence-corrected chi connectivity index (χ2v) is 10.8. The van der Waals surface area contributed by atoms with Crippen LogP contribution in [0.15, 0.2) is 45.9 Å². The van der Waals surface area contributed by atoms with Crippen LogP contribution < -0.4 is 0 Å². The number of hydrogen-bond acceptors (Lipinski definition) is 7. The van der Waals surface area contributed by atoms with Crippen molar-refractivity contribution in [3.8, 4) is 0 Å². The van der Waals surface area contributed by atoms with Gasteiger partial charge in [-0.2, -0.15) is 4.31 Å². The number of sulfonamides is 1. The smallest absolute Gasteiger partial charge is 0.311 e. The molecule has 2 aliphatic heterocycles. The monoisotopic (exact) mass is 503 g/mol. The first-order chi connectivity index (χ1) is 16.6. The molecule has 0 spiro atoms. The molecular weight excluding hydrogens is 474 g/mol. The van der Waals surface area contributed by atoms with Crippen LogP contribution >= 0.6 is 0 Å². The average molecular weight is 504 g/mol. The standard InChI is InChI=1S/C24H29N3O7S/c1-17-5-6-21(18(2)12-17)35(31,32)27-9-7-25(8-10-27)23(29)16-34-24(30)19-13-22(28)26(14-19)15-20-4-3-11-33-20/h3-6,11-12,19H,7-10,13-16H2,1-2H3. The number of furan rings is 1. The fourth-order valence-electron chi connectivity index (χ4n) is 4.42. The summed E-state index contributed by atoms with van der Waals surface area (Å²) < 4.78 is 37.9. The van der Waals surface area contributed by atoms with E-state index in [9.17, 15) is 22.8 Å². The molecule has 1 aromatic carbocycles. The number of piperazine rings is 1. The molecule has 3 heterocycles. The maximum Gasteiger partial charge on any atom is 0.311 e. The van der Waals surface area contributed by atoms with Crippen molar-refractivity contribution >= 4 is 27.8 Å². The van der Waals surface area contributed by atoms with E-state index >= 15 is 0 Å². The lowest BCUT2D eigenvalue weighted by Crippen LogP contribution is -2.51. The first-order valence-electron chi connectivity index (χ1n) is 11.5. The Hall–Kier alpha value is -3.18. The second kappa shape index (κ2) is 10.2. The van der Waals surface area contributed by atoms with Gasteiger partial charge in [-0.05, 0) is 37.6 Å². The summed E-state index contributed by atoms with van der Waals surface area (Å²) in [7, 11) is -3.66. The van der Waals surface area contributed by atoms with Gasteiger partial charge in [0.1, 0.15) is 5.76 Å². The van der Waals surface area contributed by atoms with Crippen molar-refractivity contribution in [2.45, 2.75) is 31.7 Å². The van der Waals surface area contributed by atoms with Crippen LogP contribution in [0, 0.1) is 19.8 Å². The summed E-state index contributed by atoms with van der Waals surface area (Å²) in [6.45, 7) is 4.46. The van der Waals surface area contributed by atoms with Gasteiger partial charge in [0.25, 0.3) is 5.91 Å². The predicted molar refractivity (Wildman–Crippen MR) is 124 cm³/mol. The minimum Gasteiger partial charge on any atom is -0.467 e. The highest BCUT2D eigenvalue weighted by molar-refractivity contribution is 7.89. The number of aryl methyl sites for hydroxylation is 2. The topological polar surface area (TPSA) is 117 Å². The Kier molecular flexibility index (Phi) is 7.27. The van der Waals surface area contributed by atoms with Gasteiger partial charge in [-0.1, -0.05) is 17.7 Å². The summed E-state index contributed by atoms with van der Waals surface area (Å²) in [6, 6.07) is 8.69. The van der Waals surface area contributed by atoms with Gasteiger partial charge in [0.15, 0.2) is 6.61 Å². The van der Waals surface area contributed by atoms with Crippen LogP contribution in [0.5, 0.6) is 0 Å². The van der Waals surface area contributed by atoms with Crippen LogP contribution in [0.1, 0.15) is 23.3 Å². The highest BCUT2D eigenvalue weighted by atomic mass is 32.2. The molecule has 2 aromatic rings. The maximum atomic E-state index is 13.0. The zero-order valence-corrected chi connectivity index (χ0v) is 20.6. The molecule has 0 radical (unpaired) electrons. The molecule has 2 amide bonds. The van der Waals surface area contributed by atoms with Gasteiger partial charge in [0.05, 0.1) is 23.6 Å². The van der Waals surface area contributed by atoms with Gasteiger partial charge < -0.3 is 19.0 Å². The highest BCUT2D eigenvalue weighted by Gasteiger charge is 2.36. The molecule has 2 saturated heterocycles. The number of carbonyl (C=O) groups excluding carboxylic acids is 3. The van der Waals surface area contributed by atoms with Crippen molar-refractivity contribution in [3.05, 3.63) is 53.5 Å². The van der Waals surface area contributed by atoms with Crippen molar-refractivity contribution < 1.29 is 32.0 Å². The van der Waals surface area contributed by atoms with Crippen molar-refractivity contribution in [2.24, 2.45) is 5.92 Å². The fraction of sp³-hybridized carbons (Fsp3) is 0.458. The summed E-state index contributed by atoms with van der Waals surface area (Å²) in [5.41, 5.74) is 1.67. The Morgan fingerprint density at radius 3 is 2.51 bits per heavy atom. The molecule has 188 valence electrons. The molecule has 35 heavy (non-hydrogen) atoms. The lowest BCUT2D eigenvalue weighted by Gasteiger charge is -2.34. The van der Waals surface area contributed by atoms with Crippen molar-refractivity contribution in [2.75, 3.05) is 39.3 Å². The molecule has 1 atom stereocenters. The molecule has 0 saturated carbocycles. The van der Waals surface area contributed by atoms with E-state index in [0.717, 1.165) is 5.56 Å². The Bertz CT molecular complexity index is 1200. The second-order valence-electron chi connectivity index (χ2n) is 8.92. The Morgan fingerprint density at radius 1 is 1.11 bits per heavy atom. The molecule has 1 unspecified atom stereocenters. The number of likely N-dealkylation sites (tertiary alicyclic amines) is 1. The molecule has 2 aliphatic rings. The molecule has 10 nitrogen and oxygen atoms in total. The quantitative estimate of drug-likeness (QED) is 0.523. The average Bonchev–Trinajstić information content (AvgIpc) is 3.47. The number of ether oxygens (including phenoxy) is 1. The fourth-order valence-corrected chi connectivity index (χ4v) is 6.05. The predicted octanol–water partition coefficient (Wildman–Crippen LogP) is 1.32. The van der Waals surface area contributed by atoms with E-state index in [1.807, 2.05) is 13.0 Å². The third kappa shape index (κ3) is 5.57. The summed E-state index contributed by atoms with van der Waals surface area (Å²) in [4.78, 5) is 40.5. The molecule has 2 fully saturated rings. The summed E-state index contributed by atoms with van der Waals surface area (Å²) in [5, 5.41) is 0. The third-order valence-electron chi connectivity index (χ3n) is 6.35. The number of amides is 2. The Balaban J connectivity index is 1.25. The Morgan fingerprint density at radius 2 is 1.86 bits per heavy atom. The largest absolute Gasteiger partial charge is 0.467 e. The number of carbonyl (C=O) groups is 3. The van der Waals surface area contributed by atoms with E-state index < -0.39 is 34.4 Å². The lowest BCUT2D eigenvalue weighted by atomic mass is 10.1. The van der Waals surface area contributed by atoms with E-state index in [2.05, 4.69) is 0 Å². The van der Waals surface area contributed by atoms with Crippen LogP contribution in [-0.4, -0.2) is 79.6 Å². The zero-order valence-electron chi connectivity index (χ0n) is 19.8. The molecule has 11 heteroatoms. The number of nitrogens with zero attached hydrogens (tertiary/aromatic N) is 3. The molecule has 0 aliphatic carbocycles. The van der Waals surface area contributed by atoms with Crippen molar-refractivity contribution in [3.63, 3.8) is 0 Å². The van der Waals surface area contributed by atoms with Crippen molar-refractivity contribution in [1.82, 2.24) is 14.1 Å². The minimum atomic E-state index is -3.66. The van der Waals surface area contributed by atoms with E-state index in [-0.39, 0.29) is 56.5 Å². The van der Waals surface area contributed by atoms with Crippen LogP contribution in [0.4, 0.5) is 0 Å². The van der Waals surface area contributed by atoms with Gasteiger partial charge in [-0.25, -0.2) is 8.42 Å². The van der Waals surface area contributed by atoms with Gasteiger partial charge in [-0.3, -0.25) is 14.4 Å². The first kappa shape index (κ1) is 24.9. The number of benzene rings is 1. The van der Waals surface area contributed by atoms with E-state index in [4.69, 9.17) is 9.15 Å². The molecular formula is C24H29N3O7S. The van der Waals surface area contributed by atoms with Gasteiger partial charge in [-0.15, -0.1) is 0 Å². The minimum absolute atomic E-state index is 0.0304. The molecule has 1 aromatic heterocycles. The molecule has 4 rings (SSSR count). The van der Waals surface area contributed by atoms with Crippen LogP contribution in [0.25, 0.3) is 0 Å². The number of esters is 1. The van der Waals surface area contributed by atoms with Crippen LogP contribution in [-0.2, 0) is 35.7 Å². The van der Waals surface area contributed by atoms with Crippen LogP contribution in [0.2, 0.25) is 0 Å². The van der Waals surface area contributed by atoms with Crippen molar-refractivity contribution in [1.29, 1.82) is 0 Å². The summed E-state index contributed by atoms with van der Waals surface area (Å²) >= 11 is 0. The molecule has 0 N–H and O–H groups in total. The van der Waals surface area contributed by atoms with E-state index in [1.165, 1.54) is 20.4 Å². The Labute approximate surface area is 204 Å². The lowest BCUT2D eigenvalue weighted by molar-refractivity contribution is -0.155. The van der Waals surface area contributed by atoms with E-state index in [0.29, 0.717) is 11.3 Å². The van der Waals surface area contributed by atoms with Gasteiger partial charge in [0, 0.05) is 39.1 Å². The van der Waals surface area contributed by atoms with Gasteiger partial charge >= 0.3 is 5.97 Å². The maximum absolute atomic E-state index is 13.0. The summed E-state index contributed by atoms with van der Waals surface area (Å²) in [6.07, 6.45) is 1.55. The third-order valence-corrected chi connectivity index (χ3v) is 8.41. The number of hydrogen-bond donors (Lipinski definition) is 0. The SMILES string of the molecule is Cc1ccc(S(=O)(=O)N2CCN(C(=O)COC(=O)C3CC(=O)N(Cc4ccco4)C3)CC2)c(C)c1. The summed E-state index contributed by atoms with van der Waals surface area (Å²) in [5.74, 6) is -1.16. The van der Waals surface area contributed by atoms with Crippen LogP contribution in [0.3, 0.4) is 0 Å².